The zero-order chi connectivity index (χ0) is 11.3. The largest absolute Gasteiger partial charge is 0.494 e. The number of hydrogen-bond acceptors (Lipinski definition) is 3. The summed E-state index contributed by atoms with van der Waals surface area (Å²) in [4.78, 5) is 0. The minimum atomic E-state index is -0.818. The molecule has 0 unspecified atom stereocenters. The topological polar surface area (TPSA) is 38.7 Å². The van der Waals surface area contributed by atoms with E-state index in [-0.39, 0.29) is 6.61 Å². The van der Waals surface area contributed by atoms with Crippen LogP contribution < -0.4 is 9.47 Å². The second-order valence-corrected chi connectivity index (χ2v) is 4.01. The average molecular weight is 210 g/mol. The Hall–Kier alpha value is -1.22. The van der Waals surface area contributed by atoms with Crippen molar-refractivity contribution in [2.75, 3.05) is 13.2 Å². The lowest BCUT2D eigenvalue weighted by Gasteiger charge is -2.18. The van der Waals surface area contributed by atoms with Gasteiger partial charge in [-0.25, -0.2) is 0 Å². The van der Waals surface area contributed by atoms with Crippen LogP contribution in [0.3, 0.4) is 0 Å². The summed E-state index contributed by atoms with van der Waals surface area (Å²) in [5, 5.41) is 9.50. The molecular weight excluding hydrogens is 192 g/mol. The van der Waals surface area contributed by atoms with Crippen molar-refractivity contribution >= 4 is 0 Å². The number of aliphatic hydroxyl groups is 1. The van der Waals surface area contributed by atoms with E-state index in [1.165, 1.54) is 0 Å². The van der Waals surface area contributed by atoms with E-state index in [1.54, 1.807) is 13.8 Å². The third kappa shape index (κ3) is 4.70. The van der Waals surface area contributed by atoms with E-state index in [1.807, 2.05) is 31.2 Å². The monoisotopic (exact) mass is 210 g/mol. The predicted octanol–water partition coefficient (Wildman–Crippen LogP) is 2.24. The van der Waals surface area contributed by atoms with Crippen LogP contribution >= 0.6 is 0 Å². The quantitative estimate of drug-likeness (QED) is 0.810. The molecule has 0 atom stereocenters. The Morgan fingerprint density at radius 2 is 1.80 bits per heavy atom. The molecule has 0 spiro atoms. The van der Waals surface area contributed by atoms with Crippen LogP contribution in [0.4, 0.5) is 0 Å². The predicted molar refractivity (Wildman–Crippen MR) is 59.4 cm³/mol. The van der Waals surface area contributed by atoms with Gasteiger partial charge in [0.25, 0.3) is 0 Å². The molecule has 0 heterocycles. The van der Waals surface area contributed by atoms with Crippen LogP contribution in [-0.2, 0) is 0 Å². The third-order valence-corrected chi connectivity index (χ3v) is 1.71. The van der Waals surface area contributed by atoms with Crippen LogP contribution in [0.15, 0.2) is 24.3 Å². The molecule has 0 aliphatic heterocycles. The Morgan fingerprint density at radius 1 is 1.20 bits per heavy atom. The molecule has 1 N–H and O–H groups in total. The van der Waals surface area contributed by atoms with E-state index in [9.17, 15) is 5.11 Å². The molecule has 0 fully saturated rings. The lowest BCUT2D eigenvalue weighted by atomic mass is 10.2. The molecular formula is C12H18O3. The van der Waals surface area contributed by atoms with E-state index in [0.717, 1.165) is 5.75 Å². The molecule has 3 heteroatoms. The van der Waals surface area contributed by atoms with Gasteiger partial charge in [0, 0.05) is 6.07 Å². The molecule has 84 valence electrons. The zero-order valence-electron chi connectivity index (χ0n) is 9.49. The zero-order valence-corrected chi connectivity index (χ0v) is 9.49. The standard InChI is InChI=1S/C12H18O3/c1-4-14-10-6-5-7-11(8-10)15-9-12(2,3)13/h5-8,13H,4,9H2,1-3H3. The molecule has 1 aromatic carbocycles. The first-order valence-corrected chi connectivity index (χ1v) is 5.09. The van der Waals surface area contributed by atoms with Crippen LogP contribution in [0, 0.1) is 0 Å². The van der Waals surface area contributed by atoms with Crippen molar-refractivity contribution in [3.05, 3.63) is 24.3 Å². The highest BCUT2D eigenvalue weighted by Crippen LogP contribution is 2.20. The molecule has 0 aromatic heterocycles. The normalized spacial score (nSPS) is 11.2. The fraction of sp³-hybridized carbons (Fsp3) is 0.500. The highest BCUT2D eigenvalue weighted by Gasteiger charge is 2.13. The van der Waals surface area contributed by atoms with Crippen LogP contribution in [0.1, 0.15) is 20.8 Å². The van der Waals surface area contributed by atoms with E-state index in [0.29, 0.717) is 12.4 Å². The second kappa shape index (κ2) is 5.03. The SMILES string of the molecule is CCOc1cccc(OCC(C)(C)O)c1. The van der Waals surface area contributed by atoms with E-state index in [4.69, 9.17) is 9.47 Å². The Balaban J connectivity index is 2.57. The second-order valence-electron chi connectivity index (χ2n) is 4.01. The molecule has 0 radical (unpaired) electrons. The first-order valence-electron chi connectivity index (χ1n) is 5.09. The molecule has 0 amide bonds. The summed E-state index contributed by atoms with van der Waals surface area (Å²) in [7, 11) is 0. The van der Waals surface area contributed by atoms with Crippen LogP contribution in [0.2, 0.25) is 0 Å². The lowest BCUT2D eigenvalue weighted by Crippen LogP contribution is -2.27. The molecule has 1 aromatic rings. The summed E-state index contributed by atoms with van der Waals surface area (Å²) in [5.74, 6) is 1.49. The highest BCUT2D eigenvalue weighted by molar-refractivity contribution is 5.32. The Morgan fingerprint density at radius 3 is 2.33 bits per heavy atom. The molecule has 3 nitrogen and oxygen atoms in total. The number of rotatable bonds is 5. The molecule has 0 saturated heterocycles. The maximum Gasteiger partial charge on any atom is 0.123 e. The number of hydrogen-bond donors (Lipinski definition) is 1. The van der Waals surface area contributed by atoms with Crippen LogP contribution in [0.25, 0.3) is 0 Å². The van der Waals surface area contributed by atoms with Gasteiger partial charge in [-0.1, -0.05) is 6.07 Å². The molecule has 1 rings (SSSR count). The van der Waals surface area contributed by atoms with E-state index < -0.39 is 5.60 Å². The maximum atomic E-state index is 9.50. The Bertz CT molecular complexity index is 302. The average Bonchev–Trinajstić information content (AvgIpc) is 2.15. The molecule has 15 heavy (non-hydrogen) atoms. The summed E-state index contributed by atoms with van der Waals surface area (Å²) < 4.78 is 10.8. The van der Waals surface area contributed by atoms with Gasteiger partial charge in [-0.05, 0) is 32.9 Å². The first-order chi connectivity index (χ1) is 7.01. The lowest BCUT2D eigenvalue weighted by molar-refractivity contribution is 0.0284. The van der Waals surface area contributed by atoms with Crippen LogP contribution in [0.5, 0.6) is 11.5 Å². The van der Waals surface area contributed by atoms with Gasteiger partial charge in [0.05, 0.1) is 12.2 Å². The van der Waals surface area contributed by atoms with Crippen molar-refractivity contribution in [3.63, 3.8) is 0 Å². The van der Waals surface area contributed by atoms with Gasteiger partial charge in [0.1, 0.15) is 18.1 Å². The van der Waals surface area contributed by atoms with Gasteiger partial charge < -0.3 is 14.6 Å². The van der Waals surface area contributed by atoms with Crippen LogP contribution in [-0.4, -0.2) is 23.9 Å². The van der Waals surface area contributed by atoms with E-state index >= 15 is 0 Å². The minimum absolute atomic E-state index is 0.266. The Labute approximate surface area is 90.6 Å². The van der Waals surface area contributed by atoms with Gasteiger partial charge >= 0.3 is 0 Å². The summed E-state index contributed by atoms with van der Waals surface area (Å²) in [6.07, 6.45) is 0. The molecule has 0 aliphatic rings. The summed E-state index contributed by atoms with van der Waals surface area (Å²) in [6, 6.07) is 7.40. The summed E-state index contributed by atoms with van der Waals surface area (Å²) in [5.41, 5.74) is -0.818. The molecule has 0 saturated carbocycles. The fourth-order valence-electron chi connectivity index (χ4n) is 1.08. The van der Waals surface area contributed by atoms with Crippen molar-refractivity contribution in [1.82, 2.24) is 0 Å². The molecule has 0 aliphatic carbocycles. The highest BCUT2D eigenvalue weighted by atomic mass is 16.5. The van der Waals surface area contributed by atoms with E-state index in [2.05, 4.69) is 0 Å². The van der Waals surface area contributed by atoms with Crippen molar-refractivity contribution in [1.29, 1.82) is 0 Å². The van der Waals surface area contributed by atoms with Gasteiger partial charge in [-0.2, -0.15) is 0 Å². The van der Waals surface area contributed by atoms with Gasteiger partial charge in [0.2, 0.25) is 0 Å². The van der Waals surface area contributed by atoms with Crippen molar-refractivity contribution in [2.24, 2.45) is 0 Å². The maximum absolute atomic E-state index is 9.50. The van der Waals surface area contributed by atoms with Gasteiger partial charge in [0.15, 0.2) is 0 Å². The smallest absolute Gasteiger partial charge is 0.123 e. The van der Waals surface area contributed by atoms with Crippen molar-refractivity contribution < 1.29 is 14.6 Å². The minimum Gasteiger partial charge on any atom is -0.494 e. The summed E-state index contributed by atoms with van der Waals surface area (Å²) in [6.45, 7) is 6.25. The first kappa shape index (κ1) is 11.9. The van der Waals surface area contributed by atoms with Crippen molar-refractivity contribution in [3.8, 4) is 11.5 Å². The molecule has 0 bridgehead atoms. The third-order valence-electron chi connectivity index (χ3n) is 1.71. The van der Waals surface area contributed by atoms with Gasteiger partial charge in [-0.3, -0.25) is 0 Å². The Kier molecular flexibility index (Phi) is 3.97. The number of benzene rings is 1. The fourth-order valence-corrected chi connectivity index (χ4v) is 1.08. The summed E-state index contributed by atoms with van der Waals surface area (Å²) >= 11 is 0. The van der Waals surface area contributed by atoms with Crippen molar-refractivity contribution in [2.45, 2.75) is 26.4 Å². The number of ether oxygens (including phenoxy) is 2. The van der Waals surface area contributed by atoms with Gasteiger partial charge in [-0.15, -0.1) is 0 Å².